The fraction of sp³-hybridized carbons (Fsp3) is 0.455. The Kier molecular flexibility index (Phi) is 2.94. The molecule has 5 heteroatoms. The molecule has 1 aromatic rings. The third-order valence-corrected chi connectivity index (χ3v) is 2.90. The molecule has 1 aliphatic rings. The molecule has 1 unspecified atom stereocenters. The lowest BCUT2D eigenvalue weighted by atomic mass is 10.2. The van der Waals surface area contributed by atoms with Crippen molar-refractivity contribution < 1.29 is 5.21 Å². The van der Waals surface area contributed by atoms with E-state index in [1.807, 2.05) is 12.1 Å². The first-order valence-electron chi connectivity index (χ1n) is 5.39. The third-order valence-electron chi connectivity index (χ3n) is 2.90. The zero-order valence-corrected chi connectivity index (χ0v) is 9.30. The van der Waals surface area contributed by atoms with Crippen LogP contribution < -0.4 is 10.6 Å². The lowest BCUT2D eigenvalue weighted by Crippen LogP contribution is -2.21. The van der Waals surface area contributed by atoms with Gasteiger partial charge < -0.3 is 15.8 Å². The molecule has 0 radical (unpaired) electrons. The summed E-state index contributed by atoms with van der Waals surface area (Å²) in [5, 5.41) is 11.6. The van der Waals surface area contributed by atoms with Crippen molar-refractivity contribution in [3.05, 3.63) is 24.0 Å². The predicted molar refractivity (Wildman–Crippen MR) is 62.7 cm³/mol. The van der Waals surface area contributed by atoms with Crippen LogP contribution in [-0.4, -0.2) is 29.1 Å². The molecule has 0 saturated carbocycles. The fourth-order valence-corrected chi connectivity index (χ4v) is 1.98. The molecular formula is C11H16N4O. The monoisotopic (exact) mass is 220 g/mol. The molecule has 0 bridgehead atoms. The van der Waals surface area contributed by atoms with Crippen LogP contribution in [0.5, 0.6) is 0 Å². The van der Waals surface area contributed by atoms with E-state index < -0.39 is 0 Å². The Bertz CT molecular complexity index is 405. The van der Waals surface area contributed by atoms with Gasteiger partial charge in [-0.15, -0.1) is 0 Å². The van der Waals surface area contributed by atoms with Gasteiger partial charge in [-0.25, -0.2) is 0 Å². The van der Waals surface area contributed by atoms with Crippen molar-refractivity contribution in [3.63, 3.8) is 0 Å². The van der Waals surface area contributed by atoms with Crippen LogP contribution in [0.4, 0.5) is 5.69 Å². The van der Waals surface area contributed by atoms with Gasteiger partial charge in [-0.3, -0.25) is 4.98 Å². The summed E-state index contributed by atoms with van der Waals surface area (Å²) in [5.41, 5.74) is 7.11. The minimum Gasteiger partial charge on any atom is -0.409 e. The molecule has 3 N–H and O–H groups in total. The van der Waals surface area contributed by atoms with Gasteiger partial charge in [-0.05, 0) is 24.5 Å². The van der Waals surface area contributed by atoms with Crippen molar-refractivity contribution in [3.8, 4) is 0 Å². The van der Waals surface area contributed by atoms with Crippen LogP contribution in [0.1, 0.15) is 19.0 Å². The largest absolute Gasteiger partial charge is 0.409 e. The molecule has 0 amide bonds. The highest BCUT2D eigenvalue weighted by atomic mass is 16.4. The van der Waals surface area contributed by atoms with E-state index in [0.717, 1.165) is 24.7 Å². The molecule has 1 aromatic heterocycles. The maximum absolute atomic E-state index is 8.60. The number of nitrogens with zero attached hydrogens (tertiary/aromatic N) is 3. The lowest BCUT2D eigenvalue weighted by molar-refractivity contribution is 0.318. The Morgan fingerprint density at radius 1 is 1.69 bits per heavy atom. The number of oxime groups is 1. The summed E-state index contributed by atoms with van der Waals surface area (Å²) in [7, 11) is 0. The second kappa shape index (κ2) is 4.38. The van der Waals surface area contributed by atoms with Crippen LogP contribution in [0.15, 0.2) is 23.5 Å². The fourth-order valence-electron chi connectivity index (χ4n) is 1.98. The molecule has 2 heterocycles. The second-order valence-corrected chi connectivity index (χ2v) is 4.22. The first-order chi connectivity index (χ1) is 7.70. The maximum atomic E-state index is 8.60. The van der Waals surface area contributed by atoms with Gasteiger partial charge in [0.1, 0.15) is 5.69 Å². The Balaban J connectivity index is 2.22. The van der Waals surface area contributed by atoms with Gasteiger partial charge in [0.2, 0.25) is 0 Å². The van der Waals surface area contributed by atoms with E-state index in [0.29, 0.717) is 5.69 Å². The SMILES string of the molecule is CC1CCN(c2ccnc(C(N)=NO)c2)C1. The molecule has 0 aliphatic carbocycles. The normalized spacial score (nSPS) is 21.4. The first kappa shape index (κ1) is 10.7. The highest BCUT2D eigenvalue weighted by Gasteiger charge is 2.19. The molecule has 1 saturated heterocycles. The topological polar surface area (TPSA) is 74.7 Å². The molecule has 1 aliphatic heterocycles. The van der Waals surface area contributed by atoms with E-state index in [-0.39, 0.29) is 5.84 Å². The summed E-state index contributed by atoms with van der Waals surface area (Å²) < 4.78 is 0. The van der Waals surface area contributed by atoms with Gasteiger partial charge in [-0.2, -0.15) is 0 Å². The van der Waals surface area contributed by atoms with Crippen LogP contribution in [0, 0.1) is 5.92 Å². The zero-order valence-electron chi connectivity index (χ0n) is 9.30. The number of anilines is 1. The Morgan fingerprint density at radius 2 is 2.50 bits per heavy atom. The number of hydrogen-bond acceptors (Lipinski definition) is 4. The van der Waals surface area contributed by atoms with E-state index in [2.05, 4.69) is 22.0 Å². The summed E-state index contributed by atoms with van der Waals surface area (Å²) in [6.07, 6.45) is 2.90. The standard InChI is InChI=1S/C11H16N4O/c1-8-3-5-15(7-8)9-2-4-13-10(6-9)11(12)14-16/h2,4,6,8,16H,3,5,7H2,1H3,(H2,12,14). The summed E-state index contributed by atoms with van der Waals surface area (Å²) >= 11 is 0. The minimum absolute atomic E-state index is 0.0501. The van der Waals surface area contributed by atoms with Gasteiger partial charge in [0, 0.05) is 25.0 Å². The van der Waals surface area contributed by atoms with Crippen LogP contribution >= 0.6 is 0 Å². The van der Waals surface area contributed by atoms with Crippen molar-refractivity contribution in [1.29, 1.82) is 0 Å². The van der Waals surface area contributed by atoms with Gasteiger partial charge in [0.15, 0.2) is 5.84 Å². The smallest absolute Gasteiger partial charge is 0.188 e. The predicted octanol–water partition coefficient (Wildman–Crippen LogP) is 1.02. The molecule has 1 fully saturated rings. The van der Waals surface area contributed by atoms with Crippen molar-refractivity contribution >= 4 is 11.5 Å². The molecule has 0 spiro atoms. The summed E-state index contributed by atoms with van der Waals surface area (Å²) in [6.45, 7) is 4.35. The van der Waals surface area contributed by atoms with Gasteiger partial charge in [0.25, 0.3) is 0 Å². The van der Waals surface area contributed by atoms with Crippen LogP contribution in [-0.2, 0) is 0 Å². The molecule has 16 heavy (non-hydrogen) atoms. The Hall–Kier alpha value is -1.78. The number of hydrogen-bond donors (Lipinski definition) is 2. The van der Waals surface area contributed by atoms with Crippen LogP contribution in [0.2, 0.25) is 0 Å². The number of nitrogens with two attached hydrogens (primary N) is 1. The molecule has 1 atom stereocenters. The molecule has 2 rings (SSSR count). The van der Waals surface area contributed by atoms with Crippen molar-refractivity contribution in [2.24, 2.45) is 16.8 Å². The van der Waals surface area contributed by atoms with E-state index in [4.69, 9.17) is 10.9 Å². The van der Waals surface area contributed by atoms with E-state index >= 15 is 0 Å². The maximum Gasteiger partial charge on any atom is 0.188 e. The van der Waals surface area contributed by atoms with Crippen LogP contribution in [0.3, 0.4) is 0 Å². The second-order valence-electron chi connectivity index (χ2n) is 4.22. The lowest BCUT2D eigenvalue weighted by Gasteiger charge is -2.18. The summed E-state index contributed by atoms with van der Waals surface area (Å²) in [4.78, 5) is 6.35. The number of amidine groups is 1. The van der Waals surface area contributed by atoms with Gasteiger partial charge in [0.05, 0.1) is 0 Å². The number of pyridine rings is 1. The molecule has 86 valence electrons. The Labute approximate surface area is 94.6 Å². The van der Waals surface area contributed by atoms with Gasteiger partial charge in [-0.1, -0.05) is 12.1 Å². The van der Waals surface area contributed by atoms with E-state index in [1.54, 1.807) is 6.20 Å². The number of aromatic nitrogens is 1. The quantitative estimate of drug-likeness (QED) is 0.338. The Morgan fingerprint density at radius 3 is 3.12 bits per heavy atom. The van der Waals surface area contributed by atoms with Crippen molar-refractivity contribution in [2.75, 3.05) is 18.0 Å². The third kappa shape index (κ3) is 2.08. The molecule has 0 aromatic carbocycles. The summed E-state index contributed by atoms with van der Waals surface area (Å²) in [5.74, 6) is 0.773. The minimum atomic E-state index is 0.0501. The molecule has 5 nitrogen and oxygen atoms in total. The van der Waals surface area contributed by atoms with E-state index in [9.17, 15) is 0 Å². The highest BCUT2D eigenvalue weighted by molar-refractivity contribution is 5.95. The zero-order chi connectivity index (χ0) is 11.5. The van der Waals surface area contributed by atoms with Crippen molar-refractivity contribution in [2.45, 2.75) is 13.3 Å². The number of rotatable bonds is 2. The van der Waals surface area contributed by atoms with Gasteiger partial charge >= 0.3 is 0 Å². The van der Waals surface area contributed by atoms with Crippen molar-refractivity contribution in [1.82, 2.24) is 4.98 Å². The summed E-state index contributed by atoms with van der Waals surface area (Å²) in [6, 6.07) is 3.80. The first-order valence-corrected chi connectivity index (χ1v) is 5.39. The highest BCUT2D eigenvalue weighted by Crippen LogP contribution is 2.23. The van der Waals surface area contributed by atoms with E-state index in [1.165, 1.54) is 6.42 Å². The average Bonchev–Trinajstić information content (AvgIpc) is 2.75. The van der Waals surface area contributed by atoms with Crippen LogP contribution in [0.25, 0.3) is 0 Å². The molecular weight excluding hydrogens is 204 g/mol. The average molecular weight is 220 g/mol.